The van der Waals surface area contributed by atoms with Crippen molar-refractivity contribution >= 4 is 39.2 Å². The molecule has 8 heteroatoms. The summed E-state index contributed by atoms with van der Waals surface area (Å²) in [6.45, 7) is 3.81. The number of esters is 1. The van der Waals surface area contributed by atoms with E-state index in [0.29, 0.717) is 27.5 Å². The SMILES string of the molecule is CCC(OC(=O)c1ccc2nc(-c3ccc(C)cc3)[nH]c2c1)C(=O)Nc1sc2c(c1C#N)CCc1ccccc1-2. The van der Waals surface area contributed by atoms with Crippen LogP contribution in [0.2, 0.25) is 0 Å². The molecule has 0 radical (unpaired) electrons. The number of carbonyl (C=O) groups is 2. The lowest BCUT2D eigenvalue weighted by atomic mass is 9.90. The summed E-state index contributed by atoms with van der Waals surface area (Å²) in [5.41, 5.74) is 7.63. The molecule has 2 heterocycles. The number of aromatic amines is 1. The molecule has 6 rings (SSSR count). The summed E-state index contributed by atoms with van der Waals surface area (Å²) in [6.07, 6.45) is 0.878. The molecule has 0 bridgehead atoms. The minimum absolute atomic E-state index is 0.289. The second kappa shape index (κ2) is 10.4. The number of fused-ring (bicyclic) bond motifs is 4. The lowest BCUT2D eigenvalue weighted by Gasteiger charge is -2.16. The Morgan fingerprint density at radius 2 is 1.93 bits per heavy atom. The first-order chi connectivity index (χ1) is 19.4. The van der Waals surface area contributed by atoms with Crippen LogP contribution < -0.4 is 5.32 Å². The number of imidazole rings is 1. The molecule has 2 aromatic heterocycles. The van der Waals surface area contributed by atoms with Crippen molar-refractivity contribution in [1.82, 2.24) is 9.97 Å². The highest BCUT2D eigenvalue weighted by Crippen LogP contribution is 2.44. The van der Waals surface area contributed by atoms with Crippen LogP contribution in [0, 0.1) is 18.3 Å². The number of hydrogen-bond acceptors (Lipinski definition) is 6. The van der Waals surface area contributed by atoms with E-state index in [1.54, 1.807) is 25.1 Å². The van der Waals surface area contributed by atoms with Crippen molar-refractivity contribution in [3.05, 3.63) is 94.5 Å². The van der Waals surface area contributed by atoms with Gasteiger partial charge in [0.1, 0.15) is 16.9 Å². The average molecular weight is 547 g/mol. The van der Waals surface area contributed by atoms with Gasteiger partial charge in [0, 0.05) is 10.4 Å². The highest BCUT2D eigenvalue weighted by molar-refractivity contribution is 7.20. The molecule has 0 saturated carbocycles. The predicted octanol–water partition coefficient (Wildman–Crippen LogP) is 6.81. The van der Waals surface area contributed by atoms with Crippen molar-refractivity contribution in [2.45, 2.75) is 39.2 Å². The third-order valence-corrected chi connectivity index (χ3v) is 8.40. The van der Waals surface area contributed by atoms with Crippen LogP contribution in [0.25, 0.3) is 32.9 Å². The third kappa shape index (κ3) is 4.65. The van der Waals surface area contributed by atoms with E-state index in [4.69, 9.17) is 4.74 Å². The largest absolute Gasteiger partial charge is 0.449 e. The normalized spacial score (nSPS) is 12.7. The summed E-state index contributed by atoms with van der Waals surface area (Å²) in [6, 6.07) is 23.5. The summed E-state index contributed by atoms with van der Waals surface area (Å²) >= 11 is 1.40. The number of H-pyrrole nitrogens is 1. The second-order valence-corrected chi connectivity index (χ2v) is 10.9. The molecule has 1 aliphatic carbocycles. The first-order valence-corrected chi connectivity index (χ1v) is 14.0. The van der Waals surface area contributed by atoms with Gasteiger partial charge in [-0.05, 0) is 61.1 Å². The lowest BCUT2D eigenvalue weighted by molar-refractivity contribution is -0.124. The number of ether oxygens (including phenoxy) is 1. The Morgan fingerprint density at radius 3 is 2.70 bits per heavy atom. The first kappa shape index (κ1) is 25.5. The number of nitriles is 1. The van der Waals surface area contributed by atoms with Crippen LogP contribution in [0.15, 0.2) is 66.7 Å². The van der Waals surface area contributed by atoms with Crippen molar-refractivity contribution in [2.24, 2.45) is 0 Å². The van der Waals surface area contributed by atoms with E-state index < -0.39 is 18.0 Å². The zero-order valence-corrected chi connectivity index (χ0v) is 22.9. The van der Waals surface area contributed by atoms with Gasteiger partial charge in [0.15, 0.2) is 6.10 Å². The van der Waals surface area contributed by atoms with Crippen LogP contribution >= 0.6 is 11.3 Å². The van der Waals surface area contributed by atoms with Gasteiger partial charge in [-0.3, -0.25) is 4.79 Å². The average Bonchev–Trinajstić information content (AvgIpc) is 3.56. The highest BCUT2D eigenvalue weighted by atomic mass is 32.1. The van der Waals surface area contributed by atoms with Crippen molar-refractivity contribution in [1.29, 1.82) is 5.26 Å². The quantitative estimate of drug-likeness (QED) is 0.228. The number of rotatable bonds is 6. The molecule has 1 amide bonds. The van der Waals surface area contributed by atoms with Gasteiger partial charge >= 0.3 is 5.97 Å². The fourth-order valence-electron chi connectivity index (χ4n) is 5.04. The molecule has 1 atom stereocenters. The van der Waals surface area contributed by atoms with Gasteiger partial charge in [-0.15, -0.1) is 11.3 Å². The highest BCUT2D eigenvalue weighted by Gasteiger charge is 2.28. The zero-order valence-electron chi connectivity index (χ0n) is 22.1. The standard InChI is InChI=1S/C32H26N4O3S/c1-3-27(30(37)36-31-24(17-33)23-14-12-19-6-4-5-7-22(19)28(23)40-31)39-32(38)21-13-15-25-26(16-21)35-29(34-25)20-10-8-18(2)9-11-20/h4-11,13,15-16,27H,3,12,14H2,1-2H3,(H,34,35)(H,36,37). The number of aromatic nitrogens is 2. The molecule has 0 aliphatic heterocycles. The summed E-state index contributed by atoms with van der Waals surface area (Å²) in [5.74, 6) is -0.348. The Bertz CT molecular complexity index is 1810. The topological polar surface area (TPSA) is 108 Å². The van der Waals surface area contributed by atoms with E-state index in [1.807, 2.05) is 49.4 Å². The van der Waals surface area contributed by atoms with Crippen molar-refractivity contribution < 1.29 is 14.3 Å². The molecular weight excluding hydrogens is 520 g/mol. The third-order valence-electron chi connectivity index (χ3n) is 7.22. The zero-order chi connectivity index (χ0) is 27.8. The summed E-state index contributed by atoms with van der Waals surface area (Å²) in [4.78, 5) is 35.2. The Kier molecular flexibility index (Phi) is 6.66. The van der Waals surface area contributed by atoms with Gasteiger partial charge in [-0.25, -0.2) is 9.78 Å². The van der Waals surface area contributed by atoms with Crippen molar-refractivity contribution in [2.75, 3.05) is 5.32 Å². The molecular formula is C32H26N4O3S. The molecule has 0 saturated heterocycles. The fraction of sp³-hybridized carbons (Fsp3) is 0.188. The molecule has 3 aromatic carbocycles. The van der Waals surface area contributed by atoms with Gasteiger partial charge in [0.2, 0.25) is 0 Å². The molecule has 0 fully saturated rings. The number of carbonyl (C=O) groups excluding carboxylic acids is 2. The van der Waals surface area contributed by atoms with Crippen LogP contribution in [0.5, 0.6) is 0 Å². The fourth-order valence-corrected chi connectivity index (χ4v) is 6.31. The Balaban J connectivity index is 1.20. The number of hydrogen-bond donors (Lipinski definition) is 2. The first-order valence-electron chi connectivity index (χ1n) is 13.2. The van der Waals surface area contributed by atoms with Crippen molar-refractivity contribution in [3.8, 4) is 27.9 Å². The number of anilines is 1. The van der Waals surface area contributed by atoms with Crippen LogP contribution in [0.4, 0.5) is 5.00 Å². The number of thiophene rings is 1. The van der Waals surface area contributed by atoms with Crippen LogP contribution in [-0.4, -0.2) is 27.9 Å². The lowest BCUT2D eigenvalue weighted by Crippen LogP contribution is -2.32. The van der Waals surface area contributed by atoms with E-state index >= 15 is 0 Å². The Hall–Kier alpha value is -4.74. The van der Waals surface area contributed by atoms with Crippen LogP contribution in [0.1, 0.15) is 46.0 Å². The van der Waals surface area contributed by atoms with Crippen LogP contribution in [0.3, 0.4) is 0 Å². The van der Waals surface area contributed by atoms with E-state index in [2.05, 4.69) is 27.4 Å². The van der Waals surface area contributed by atoms with E-state index in [1.165, 1.54) is 16.9 Å². The van der Waals surface area contributed by atoms with E-state index in [9.17, 15) is 14.9 Å². The van der Waals surface area contributed by atoms with Crippen LogP contribution in [-0.2, 0) is 22.4 Å². The van der Waals surface area contributed by atoms with E-state index in [-0.39, 0.29) is 6.42 Å². The smallest absolute Gasteiger partial charge is 0.338 e. The van der Waals surface area contributed by atoms with Crippen molar-refractivity contribution in [3.63, 3.8) is 0 Å². The molecule has 1 aliphatic rings. The molecule has 0 spiro atoms. The molecule has 198 valence electrons. The predicted molar refractivity (Wildman–Crippen MR) is 156 cm³/mol. The van der Waals surface area contributed by atoms with Gasteiger partial charge in [0.25, 0.3) is 5.91 Å². The number of aryl methyl sites for hydroxylation is 2. The summed E-state index contributed by atoms with van der Waals surface area (Å²) in [7, 11) is 0. The molecule has 5 aromatic rings. The maximum atomic E-state index is 13.2. The number of nitrogens with one attached hydrogen (secondary N) is 2. The number of benzene rings is 3. The van der Waals surface area contributed by atoms with Gasteiger partial charge in [0.05, 0.1) is 22.2 Å². The minimum atomic E-state index is -1.01. The molecule has 40 heavy (non-hydrogen) atoms. The second-order valence-electron chi connectivity index (χ2n) is 9.86. The number of nitrogens with zero attached hydrogens (tertiary/aromatic N) is 2. The molecule has 7 nitrogen and oxygen atoms in total. The Labute approximate surface area is 235 Å². The van der Waals surface area contributed by atoms with Gasteiger partial charge in [-0.1, -0.05) is 61.0 Å². The summed E-state index contributed by atoms with van der Waals surface area (Å²) in [5, 5.41) is 13.3. The molecule has 1 unspecified atom stereocenters. The molecule has 2 N–H and O–H groups in total. The van der Waals surface area contributed by atoms with E-state index in [0.717, 1.165) is 45.5 Å². The maximum Gasteiger partial charge on any atom is 0.338 e. The Morgan fingerprint density at radius 1 is 1.12 bits per heavy atom. The monoisotopic (exact) mass is 546 g/mol. The minimum Gasteiger partial charge on any atom is -0.449 e. The summed E-state index contributed by atoms with van der Waals surface area (Å²) < 4.78 is 5.64. The number of amides is 1. The van der Waals surface area contributed by atoms with Gasteiger partial charge in [-0.2, -0.15) is 5.26 Å². The van der Waals surface area contributed by atoms with Gasteiger partial charge < -0.3 is 15.0 Å². The maximum absolute atomic E-state index is 13.2.